The van der Waals surface area contributed by atoms with Crippen LogP contribution in [0.3, 0.4) is 0 Å². The molecule has 0 aromatic rings. The molecule has 0 heterocycles. The number of carbonyl (C=O) groups is 1. The third-order valence-electron chi connectivity index (χ3n) is 3.65. The van der Waals surface area contributed by atoms with Crippen molar-refractivity contribution in [1.82, 2.24) is 5.32 Å². The quantitative estimate of drug-likeness (QED) is 0.763. The van der Waals surface area contributed by atoms with Gasteiger partial charge in [-0.2, -0.15) is 0 Å². The monoisotopic (exact) mass is 235 g/mol. The zero-order valence-corrected chi connectivity index (χ0v) is 10.7. The van der Waals surface area contributed by atoms with Gasteiger partial charge in [0.2, 0.25) is 0 Å². The van der Waals surface area contributed by atoms with E-state index in [1.165, 1.54) is 12.8 Å². The van der Waals surface area contributed by atoms with Gasteiger partial charge in [-0.15, -0.1) is 11.8 Å². The normalized spacial score (nSPS) is 30.4. The summed E-state index contributed by atoms with van der Waals surface area (Å²) in [4.78, 5) is 11.4. The van der Waals surface area contributed by atoms with E-state index in [4.69, 9.17) is 4.74 Å². The molecule has 3 heteroatoms. The molecule has 2 aliphatic rings. The predicted octanol–water partition coefficient (Wildman–Crippen LogP) is 2.56. The maximum absolute atomic E-state index is 11.4. The molecule has 2 rings (SSSR count). The largest absolute Gasteiger partial charge is 0.449 e. The number of nitrogens with one attached hydrogen (secondary N) is 1. The highest BCUT2D eigenvalue weighted by Crippen LogP contribution is 2.52. The maximum Gasteiger partial charge on any atom is 0.407 e. The Hall–Kier alpha value is -1.17. The summed E-state index contributed by atoms with van der Waals surface area (Å²) < 4.78 is 5.26. The van der Waals surface area contributed by atoms with Gasteiger partial charge in [0.25, 0.3) is 0 Å². The molecule has 0 radical (unpaired) electrons. The van der Waals surface area contributed by atoms with E-state index in [2.05, 4.69) is 17.2 Å². The van der Waals surface area contributed by atoms with Crippen LogP contribution in [-0.2, 0) is 4.74 Å². The van der Waals surface area contributed by atoms with Crippen molar-refractivity contribution in [2.24, 2.45) is 17.8 Å². The molecule has 0 aromatic carbocycles. The van der Waals surface area contributed by atoms with Gasteiger partial charge >= 0.3 is 6.09 Å². The lowest BCUT2D eigenvalue weighted by Gasteiger charge is -2.09. The molecule has 1 amide bonds. The smallest absolute Gasteiger partial charge is 0.407 e. The van der Waals surface area contributed by atoms with Crippen LogP contribution in [0.2, 0.25) is 0 Å². The third-order valence-corrected chi connectivity index (χ3v) is 3.65. The number of hydrogen-bond donors (Lipinski definition) is 1. The Balaban J connectivity index is 1.70. The van der Waals surface area contributed by atoms with Crippen LogP contribution in [-0.4, -0.2) is 18.7 Å². The number of ether oxygens (including phenoxy) is 1. The number of alkyl carbamates (subject to hydrolysis) is 1. The van der Waals surface area contributed by atoms with Crippen LogP contribution in [0.5, 0.6) is 0 Å². The van der Waals surface area contributed by atoms with Crippen LogP contribution in [0, 0.1) is 29.6 Å². The molecule has 1 N–H and O–H groups in total. The van der Waals surface area contributed by atoms with Crippen LogP contribution in [0.1, 0.15) is 39.5 Å². The van der Waals surface area contributed by atoms with Gasteiger partial charge in [0.05, 0.1) is 6.61 Å². The van der Waals surface area contributed by atoms with Crippen molar-refractivity contribution in [2.45, 2.75) is 45.6 Å². The van der Waals surface area contributed by atoms with Crippen molar-refractivity contribution in [1.29, 1.82) is 0 Å². The minimum absolute atomic E-state index is 0.142. The average molecular weight is 235 g/mol. The first kappa shape index (κ1) is 12.3. The first-order chi connectivity index (χ1) is 8.18. The molecule has 1 fully saturated rings. The highest BCUT2D eigenvalue weighted by atomic mass is 16.5. The fraction of sp³-hybridized carbons (Fsp3) is 0.786. The molecule has 3 nitrogen and oxygen atoms in total. The van der Waals surface area contributed by atoms with E-state index < -0.39 is 0 Å². The highest BCUT2D eigenvalue weighted by Gasteiger charge is 2.49. The Morgan fingerprint density at radius 1 is 1.29 bits per heavy atom. The Labute approximate surface area is 103 Å². The molecule has 2 unspecified atom stereocenters. The van der Waals surface area contributed by atoms with Crippen LogP contribution >= 0.6 is 0 Å². The molecule has 0 spiro atoms. The van der Waals surface area contributed by atoms with Crippen LogP contribution < -0.4 is 5.32 Å². The van der Waals surface area contributed by atoms with Crippen molar-refractivity contribution < 1.29 is 9.53 Å². The zero-order chi connectivity index (χ0) is 12.3. The van der Waals surface area contributed by atoms with Gasteiger partial charge in [-0.25, -0.2) is 4.79 Å². The standard InChI is InChI=1S/C14H21NO2/c1-10(2)15-14(16)17-9-13-11-7-5-3-4-6-8-12(11)13/h10-13H,5-9H2,1-2H3,(H,15,16). The molecular formula is C14H21NO2. The second-order valence-corrected chi connectivity index (χ2v) is 5.32. The lowest BCUT2D eigenvalue weighted by atomic mass is 10.1. The number of amides is 1. The Bertz CT molecular complexity index is 322. The predicted molar refractivity (Wildman–Crippen MR) is 66.3 cm³/mol. The zero-order valence-electron chi connectivity index (χ0n) is 10.7. The van der Waals surface area contributed by atoms with Crippen molar-refractivity contribution >= 4 is 6.09 Å². The fourth-order valence-corrected chi connectivity index (χ4v) is 2.73. The molecule has 0 saturated heterocycles. The van der Waals surface area contributed by atoms with Gasteiger partial charge in [-0.3, -0.25) is 0 Å². The first-order valence-corrected chi connectivity index (χ1v) is 6.57. The first-order valence-electron chi connectivity index (χ1n) is 6.57. The van der Waals surface area contributed by atoms with E-state index in [9.17, 15) is 4.79 Å². The molecule has 2 atom stereocenters. The van der Waals surface area contributed by atoms with Gasteiger partial charge in [0, 0.05) is 18.9 Å². The van der Waals surface area contributed by atoms with E-state index in [0.717, 1.165) is 24.7 Å². The lowest BCUT2D eigenvalue weighted by molar-refractivity contribution is 0.135. The number of rotatable bonds is 3. The van der Waals surface area contributed by atoms with E-state index >= 15 is 0 Å². The van der Waals surface area contributed by atoms with Gasteiger partial charge in [-0.05, 0) is 44.4 Å². The Morgan fingerprint density at radius 3 is 2.41 bits per heavy atom. The molecule has 0 aromatic heterocycles. The van der Waals surface area contributed by atoms with Crippen molar-refractivity contribution in [3.63, 3.8) is 0 Å². The SMILES string of the molecule is CC(C)NC(=O)OCC1C2CCC#CCCC21. The second-order valence-electron chi connectivity index (χ2n) is 5.32. The molecule has 94 valence electrons. The van der Waals surface area contributed by atoms with Crippen LogP contribution in [0.4, 0.5) is 4.79 Å². The van der Waals surface area contributed by atoms with Gasteiger partial charge in [0.1, 0.15) is 0 Å². The topological polar surface area (TPSA) is 38.3 Å². The fourth-order valence-electron chi connectivity index (χ4n) is 2.73. The summed E-state index contributed by atoms with van der Waals surface area (Å²) in [6, 6.07) is 0.142. The second kappa shape index (κ2) is 5.44. The van der Waals surface area contributed by atoms with Crippen LogP contribution in [0.25, 0.3) is 0 Å². The van der Waals surface area contributed by atoms with E-state index in [0.29, 0.717) is 12.5 Å². The maximum atomic E-state index is 11.4. The molecule has 2 aliphatic carbocycles. The molecule has 17 heavy (non-hydrogen) atoms. The van der Waals surface area contributed by atoms with Crippen molar-refractivity contribution in [3.8, 4) is 11.8 Å². The summed E-state index contributed by atoms with van der Waals surface area (Å²) in [5.74, 6) is 8.44. The van der Waals surface area contributed by atoms with Crippen LogP contribution in [0.15, 0.2) is 0 Å². The summed E-state index contributed by atoms with van der Waals surface area (Å²) >= 11 is 0. The minimum atomic E-state index is -0.282. The number of fused-ring (bicyclic) bond motifs is 1. The van der Waals surface area contributed by atoms with Gasteiger partial charge in [0.15, 0.2) is 0 Å². The van der Waals surface area contributed by atoms with Gasteiger partial charge < -0.3 is 10.1 Å². The third kappa shape index (κ3) is 3.39. The number of carbonyl (C=O) groups excluding carboxylic acids is 1. The highest BCUT2D eigenvalue weighted by molar-refractivity contribution is 5.67. The number of hydrogen-bond acceptors (Lipinski definition) is 2. The molecular weight excluding hydrogens is 214 g/mol. The summed E-state index contributed by atoms with van der Waals surface area (Å²) in [6.07, 6.45) is 4.09. The molecule has 0 bridgehead atoms. The van der Waals surface area contributed by atoms with E-state index in [1.54, 1.807) is 0 Å². The van der Waals surface area contributed by atoms with Crippen molar-refractivity contribution in [3.05, 3.63) is 0 Å². The Kier molecular flexibility index (Phi) is 3.93. The summed E-state index contributed by atoms with van der Waals surface area (Å²) in [6.45, 7) is 4.45. The molecule has 1 saturated carbocycles. The Morgan fingerprint density at radius 2 is 1.88 bits per heavy atom. The van der Waals surface area contributed by atoms with E-state index in [1.807, 2.05) is 13.8 Å². The summed E-state index contributed by atoms with van der Waals surface area (Å²) in [5, 5.41) is 2.75. The minimum Gasteiger partial charge on any atom is -0.449 e. The van der Waals surface area contributed by atoms with Gasteiger partial charge in [-0.1, -0.05) is 0 Å². The summed E-state index contributed by atoms with van der Waals surface area (Å²) in [5.41, 5.74) is 0. The lowest BCUT2D eigenvalue weighted by Crippen LogP contribution is -2.31. The van der Waals surface area contributed by atoms with E-state index in [-0.39, 0.29) is 12.1 Å². The molecule has 0 aliphatic heterocycles. The van der Waals surface area contributed by atoms with Crippen molar-refractivity contribution in [2.75, 3.05) is 6.61 Å². The average Bonchev–Trinajstić information content (AvgIpc) is 2.84. The summed E-state index contributed by atoms with van der Waals surface area (Å²) in [7, 11) is 0.